The molecular weight excluding hydrogens is 276 g/mol. The van der Waals surface area contributed by atoms with Crippen LogP contribution in [-0.4, -0.2) is 17.4 Å². The van der Waals surface area contributed by atoms with Crippen molar-refractivity contribution in [3.8, 4) is 11.5 Å². The summed E-state index contributed by atoms with van der Waals surface area (Å²) in [6.07, 6.45) is 3.96. The van der Waals surface area contributed by atoms with E-state index in [0.29, 0.717) is 18.9 Å². The van der Waals surface area contributed by atoms with E-state index < -0.39 is 0 Å². The largest absolute Gasteiger partial charge is 0.441 e. The van der Waals surface area contributed by atoms with E-state index >= 15 is 0 Å². The van der Waals surface area contributed by atoms with Crippen LogP contribution in [0.3, 0.4) is 0 Å². The fraction of sp³-hybridized carbons (Fsp3) is 0.444. The van der Waals surface area contributed by atoms with Crippen LogP contribution in [0, 0.1) is 19.8 Å². The Morgan fingerprint density at radius 2 is 2.00 bits per heavy atom. The average Bonchev–Trinajstić information content (AvgIpc) is 2.79. The van der Waals surface area contributed by atoms with Gasteiger partial charge in [-0.25, -0.2) is 4.98 Å². The minimum atomic E-state index is 0.186. The van der Waals surface area contributed by atoms with Crippen LogP contribution < -0.4 is 5.32 Å². The highest BCUT2D eigenvalue weighted by Gasteiger charge is 2.24. The fourth-order valence-electron chi connectivity index (χ4n) is 2.60. The Labute approximate surface area is 130 Å². The Hall–Kier alpha value is -2.10. The van der Waals surface area contributed by atoms with E-state index in [9.17, 15) is 4.79 Å². The van der Waals surface area contributed by atoms with Crippen molar-refractivity contribution in [1.82, 2.24) is 10.3 Å². The molecule has 1 aromatic carbocycles. The molecule has 0 spiro atoms. The van der Waals surface area contributed by atoms with Crippen molar-refractivity contribution >= 4 is 5.91 Å². The number of aryl methyl sites for hydroxylation is 2. The van der Waals surface area contributed by atoms with E-state index in [4.69, 9.17) is 4.42 Å². The number of amides is 1. The minimum Gasteiger partial charge on any atom is -0.441 e. The summed E-state index contributed by atoms with van der Waals surface area (Å²) in [6.45, 7) is 4.60. The summed E-state index contributed by atoms with van der Waals surface area (Å²) in [4.78, 5) is 16.4. The number of nitrogens with one attached hydrogen (secondary N) is 1. The zero-order valence-corrected chi connectivity index (χ0v) is 13.2. The number of carbonyl (C=O) groups excluding carboxylic acids is 1. The first-order valence-corrected chi connectivity index (χ1v) is 7.94. The Morgan fingerprint density at radius 3 is 2.64 bits per heavy atom. The molecule has 0 bridgehead atoms. The molecule has 3 rings (SSSR count). The first kappa shape index (κ1) is 14.8. The molecule has 1 aliphatic rings. The van der Waals surface area contributed by atoms with E-state index in [-0.39, 0.29) is 11.8 Å². The second-order valence-electron chi connectivity index (χ2n) is 6.06. The normalized spacial score (nSPS) is 14.6. The summed E-state index contributed by atoms with van der Waals surface area (Å²) in [6, 6.07) is 8.13. The Balaban J connectivity index is 1.60. The lowest BCUT2D eigenvalue weighted by Gasteiger charge is -2.23. The number of aromatic nitrogens is 1. The Kier molecular flexibility index (Phi) is 4.27. The maximum atomic E-state index is 11.8. The highest BCUT2D eigenvalue weighted by Crippen LogP contribution is 2.26. The van der Waals surface area contributed by atoms with Gasteiger partial charge in [0.25, 0.3) is 0 Å². The van der Waals surface area contributed by atoms with E-state index in [1.165, 1.54) is 12.0 Å². The van der Waals surface area contributed by atoms with Gasteiger partial charge in [0.1, 0.15) is 5.76 Å². The van der Waals surface area contributed by atoms with Crippen LogP contribution in [0.5, 0.6) is 0 Å². The molecule has 1 aliphatic carbocycles. The third kappa shape index (κ3) is 3.21. The number of carbonyl (C=O) groups is 1. The smallest absolute Gasteiger partial charge is 0.226 e. The molecular formula is C18H22N2O2. The summed E-state index contributed by atoms with van der Waals surface area (Å²) in [5.74, 6) is 1.90. The van der Waals surface area contributed by atoms with E-state index in [1.807, 2.05) is 31.2 Å². The maximum absolute atomic E-state index is 11.8. The monoisotopic (exact) mass is 298 g/mol. The standard InChI is InChI=1S/C18H22N2O2/c1-12-6-8-15(9-7-12)18-20-16(13(2)22-18)10-11-19-17(21)14-4-3-5-14/h6-9,14H,3-5,10-11H2,1-2H3,(H,19,21). The van der Waals surface area contributed by atoms with Gasteiger partial charge in [0, 0.05) is 24.4 Å². The SMILES string of the molecule is Cc1ccc(-c2nc(CCNC(=O)C3CCC3)c(C)o2)cc1. The van der Waals surface area contributed by atoms with Crippen molar-refractivity contribution in [2.24, 2.45) is 5.92 Å². The second kappa shape index (κ2) is 6.34. The third-order valence-corrected chi connectivity index (χ3v) is 4.33. The highest BCUT2D eigenvalue weighted by molar-refractivity contribution is 5.79. The lowest BCUT2D eigenvalue weighted by molar-refractivity contribution is -0.127. The van der Waals surface area contributed by atoms with Crippen LogP contribution in [-0.2, 0) is 11.2 Å². The molecule has 0 radical (unpaired) electrons. The average molecular weight is 298 g/mol. The topological polar surface area (TPSA) is 55.1 Å². The van der Waals surface area contributed by atoms with Gasteiger partial charge in [-0.05, 0) is 38.8 Å². The van der Waals surface area contributed by atoms with Crippen LogP contribution in [0.4, 0.5) is 0 Å². The molecule has 2 aromatic rings. The van der Waals surface area contributed by atoms with Gasteiger partial charge in [-0.15, -0.1) is 0 Å². The number of oxazole rings is 1. The van der Waals surface area contributed by atoms with Gasteiger partial charge in [0.15, 0.2) is 0 Å². The lowest BCUT2D eigenvalue weighted by atomic mass is 9.85. The summed E-state index contributed by atoms with van der Waals surface area (Å²) in [7, 11) is 0. The zero-order chi connectivity index (χ0) is 15.5. The quantitative estimate of drug-likeness (QED) is 0.920. The molecule has 116 valence electrons. The maximum Gasteiger partial charge on any atom is 0.226 e. The van der Waals surface area contributed by atoms with Gasteiger partial charge in [0.2, 0.25) is 11.8 Å². The molecule has 1 heterocycles. The van der Waals surface area contributed by atoms with Crippen molar-refractivity contribution in [3.63, 3.8) is 0 Å². The van der Waals surface area contributed by atoms with Crippen molar-refractivity contribution < 1.29 is 9.21 Å². The summed E-state index contributed by atoms with van der Waals surface area (Å²) in [5, 5.41) is 3.00. The van der Waals surface area contributed by atoms with Gasteiger partial charge in [-0.2, -0.15) is 0 Å². The molecule has 0 aliphatic heterocycles. The van der Waals surface area contributed by atoms with Gasteiger partial charge >= 0.3 is 0 Å². The van der Waals surface area contributed by atoms with Crippen LogP contribution in [0.25, 0.3) is 11.5 Å². The van der Waals surface area contributed by atoms with E-state index in [2.05, 4.69) is 17.2 Å². The number of benzene rings is 1. The molecule has 0 unspecified atom stereocenters. The van der Waals surface area contributed by atoms with Crippen molar-refractivity contribution in [2.75, 3.05) is 6.54 Å². The van der Waals surface area contributed by atoms with Crippen molar-refractivity contribution in [1.29, 1.82) is 0 Å². The molecule has 4 nitrogen and oxygen atoms in total. The van der Waals surface area contributed by atoms with Crippen molar-refractivity contribution in [2.45, 2.75) is 39.5 Å². The van der Waals surface area contributed by atoms with Crippen molar-refractivity contribution in [3.05, 3.63) is 41.3 Å². The predicted octanol–water partition coefficient (Wildman–Crippen LogP) is 3.42. The van der Waals surface area contributed by atoms with Gasteiger partial charge in [-0.3, -0.25) is 4.79 Å². The van der Waals surface area contributed by atoms with Gasteiger partial charge in [0.05, 0.1) is 5.69 Å². The number of hydrogen-bond acceptors (Lipinski definition) is 3. The van der Waals surface area contributed by atoms with Crippen LogP contribution in [0.15, 0.2) is 28.7 Å². The molecule has 22 heavy (non-hydrogen) atoms. The first-order valence-electron chi connectivity index (χ1n) is 7.94. The molecule has 1 saturated carbocycles. The highest BCUT2D eigenvalue weighted by atomic mass is 16.4. The van der Waals surface area contributed by atoms with E-state index in [1.54, 1.807) is 0 Å². The Bertz CT molecular complexity index is 654. The molecule has 1 amide bonds. The third-order valence-electron chi connectivity index (χ3n) is 4.33. The van der Waals surface area contributed by atoms with E-state index in [0.717, 1.165) is 29.9 Å². The number of nitrogens with zero attached hydrogens (tertiary/aromatic N) is 1. The van der Waals surface area contributed by atoms with Gasteiger partial charge < -0.3 is 9.73 Å². The molecule has 1 N–H and O–H groups in total. The predicted molar refractivity (Wildman–Crippen MR) is 85.5 cm³/mol. The number of rotatable bonds is 5. The zero-order valence-electron chi connectivity index (χ0n) is 13.2. The minimum absolute atomic E-state index is 0.186. The summed E-state index contributed by atoms with van der Waals surface area (Å²) < 4.78 is 5.75. The molecule has 0 atom stereocenters. The lowest BCUT2D eigenvalue weighted by Crippen LogP contribution is -2.35. The summed E-state index contributed by atoms with van der Waals surface area (Å²) >= 11 is 0. The number of hydrogen-bond donors (Lipinski definition) is 1. The van der Waals surface area contributed by atoms with Crippen LogP contribution in [0.2, 0.25) is 0 Å². The molecule has 1 fully saturated rings. The molecule has 0 saturated heterocycles. The summed E-state index contributed by atoms with van der Waals surface area (Å²) in [5.41, 5.74) is 3.12. The second-order valence-corrected chi connectivity index (χ2v) is 6.06. The molecule has 4 heteroatoms. The van der Waals surface area contributed by atoms with Gasteiger partial charge in [-0.1, -0.05) is 24.1 Å². The van der Waals surface area contributed by atoms with Crippen LogP contribution in [0.1, 0.15) is 36.3 Å². The Morgan fingerprint density at radius 1 is 1.27 bits per heavy atom. The molecule has 1 aromatic heterocycles. The van der Waals surface area contributed by atoms with Crippen LogP contribution >= 0.6 is 0 Å². The first-order chi connectivity index (χ1) is 10.6. The fourth-order valence-corrected chi connectivity index (χ4v) is 2.60.